The van der Waals surface area contributed by atoms with E-state index < -0.39 is 5.91 Å². The van der Waals surface area contributed by atoms with Crippen LogP contribution >= 0.6 is 0 Å². The number of hydrogen-bond donors (Lipinski definition) is 1. The standard InChI is InChI=1S/C10H10N4O2/c11-4-7-3-8(7)5-16-14-10(15)9-1-2-12-6-13-9/h1-2,6-8H,3,5H2,(H,14,15)/t7-,8+/m0/s1. The number of nitriles is 1. The molecule has 1 aliphatic carbocycles. The van der Waals surface area contributed by atoms with Gasteiger partial charge in [0.1, 0.15) is 12.0 Å². The van der Waals surface area contributed by atoms with E-state index in [-0.39, 0.29) is 17.5 Å². The van der Waals surface area contributed by atoms with Crippen molar-refractivity contribution < 1.29 is 9.63 Å². The molecule has 0 unspecified atom stereocenters. The van der Waals surface area contributed by atoms with Crippen molar-refractivity contribution >= 4 is 5.91 Å². The lowest BCUT2D eigenvalue weighted by molar-refractivity contribution is 0.0258. The van der Waals surface area contributed by atoms with Gasteiger partial charge in [-0.2, -0.15) is 5.26 Å². The number of rotatable bonds is 4. The Morgan fingerprint density at radius 1 is 1.75 bits per heavy atom. The van der Waals surface area contributed by atoms with Crippen LogP contribution < -0.4 is 5.48 Å². The molecule has 2 atom stereocenters. The number of carbonyl (C=O) groups is 1. The molecule has 0 aliphatic heterocycles. The fraction of sp³-hybridized carbons (Fsp3) is 0.400. The van der Waals surface area contributed by atoms with Crippen LogP contribution in [0.5, 0.6) is 0 Å². The zero-order chi connectivity index (χ0) is 11.4. The van der Waals surface area contributed by atoms with Crippen molar-refractivity contribution in [2.24, 2.45) is 11.8 Å². The van der Waals surface area contributed by atoms with Gasteiger partial charge in [0, 0.05) is 12.1 Å². The smallest absolute Gasteiger partial charge is 0.273 e. The van der Waals surface area contributed by atoms with Crippen LogP contribution in [-0.2, 0) is 4.84 Å². The highest BCUT2D eigenvalue weighted by atomic mass is 16.7. The summed E-state index contributed by atoms with van der Waals surface area (Å²) in [6.45, 7) is 0.370. The molecule has 16 heavy (non-hydrogen) atoms. The molecule has 82 valence electrons. The highest BCUT2D eigenvalue weighted by Gasteiger charge is 2.37. The summed E-state index contributed by atoms with van der Waals surface area (Å²) in [5, 5.41) is 8.55. The van der Waals surface area contributed by atoms with Crippen LogP contribution in [0.1, 0.15) is 16.9 Å². The zero-order valence-electron chi connectivity index (χ0n) is 8.46. The van der Waals surface area contributed by atoms with Gasteiger partial charge in [0.05, 0.1) is 18.6 Å². The van der Waals surface area contributed by atoms with Crippen molar-refractivity contribution in [2.45, 2.75) is 6.42 Å². The van der Waals surface area contributed by atoms with E-state index >= 15 is 0 Å². The van der Waals surface area contributed by atoms with Gasteiger partial charge in [0.15, 0.2) is 0 Å². The Kier molecular flexibility index (Phi) is 3.08. The van der Waals surface area contributed by atoms with Crippen LogP contribution in [0, 0.1) is 23.2 Å². The van der Waals surface area contributed by atoms with E-state index in [1.807, 2.05) is 0 Å². The summed E-state index contributed by atoms with van der Waals surface area (Å²) in [6.07, 6.45) is 3.62. The lowest BCUT2D eigenvalue weighted by atomic mass is 10.3. The van der Waals surface area contributed by atoms with Gasteiger partial charge >= 0.3 is 0 Å². The van der Waals surface area contributed by atoms with Crippen molar-refractivity contribution in [2.75, 3.05) is 6.61 Å². The molecule has 1 saturated carbocycles. The second-order valence-corrected chi connectivity index (χ2v) is 3.57. The minimum absolute atomic E-state index is 0.0796. The van der Waals surface area contributed by atoms with Crippen LogP contribution in [0.4, 0.5) is 0 Å². The van der Waals surface area contributed by atoms with Gasteiger partial charge in [0.25, 0.3) is 5.91 Å². The van der Waals surface area contributed by atoms with Gasteiger partial charge in [-0.1, -0.05) is 0 Å². The number of amides is 1. The van der Waals surface area contributed by atoms with Gasteiger partial charge in [-0.3, -0.25) is 9.63 Å². The molecule has 1 aromatic heterocycles. The summed E-state index contributed by atoms with van der Waals surface area (Å²) < 4.78 is 0. The quantitative estimate of drug-likeness (QED) is 0.734. The summed E-state index contributed by atoms with van der Waals surface area (Å²) in [5.41, 5.74) is 2.53. The number of hydrogen-bond acceptors (Lipinski definition) is 5. The Morgan fingerprint density at radius 2 is 2.62 bits per heavy atom. The minimum Gasteiger partial charge on any atom is -0.273 e. The highest BCUT2D eigenvalue weighted by molar-refractivity contribution is 5.91. The summed E-state index contributed by atoms with van der Waals surface area (Å²) >= 11 is 0. The van der Waals surface area contributed by atoms with Crippen LogP contribution in [0.3, 0.4) is 0 Å². The second-order valence-electron chi connectivity index (χ2n) is 3.57. The second kappa shape index (κ2) is 4.68. The molecule has 1 aromatic rings. The molecule has 1 aliphatic rings. The van der Waals surface area contributed by atoms with Gasteiger partial charge < -0.3 is 0 Å². The maximum atomic E-state index is 11.4. The topological polar surface area (TPSA) is 87.9 Å². The predicted octanol–water partition coefficient (Wildman–Crippen LogP) is 0.298. The number of hydroxylamine groups is 1. The Hall–Kier alpha value is -2.00. The first kappa shape index (κ1) is 10.5. The molecule has 6 nitrogen and oxygen atoms in total. The molecule has 1 fully saturated rings. The molecule has 0 aromatic carbocycles. The molecule has 2 rings (SSSR count). The summed E-state index contributed by atoms with van der Waals surface area (Å²) in [5.74, 6) is -0.0804. The lowest BCUT2D eigenvalue weighted by Gasteiger charge is -2.03. The maximum Gasteiger partial charge on any atom is 0.293 e. The molecule has 1 amide bonds. The van der Waals surface area contributed by atoms with Crippen LogP contribution in [-0.4, -0.2) is 22.5 Å². The molecular weight excluding hydrogens is 208 g/mol. The van der Waals surface area contributed by atoms with Gasteiger partial charge in [-0.05, 0) is 12.5 Å². The van der Waals surface area contributed by atoms with Crippen LogP contribution in [0.2, 0.25) is 0 Å². The van der Waals surface area contributed by atoms with Gasteiger partial charge in [-0.15, -0.1) is 0 Å². The Labute approximate surface area is 92.2 Å². The number of carbonyl (C=O) groups excluding carboxylic acids is 1. The van der Waals surface area contributed by atoms with E-state index in [2.05, 4.69) is 21.5 Å². The van der Waals surface area contributed by atoms with Crippen molar-refractivity contribution in [3.05, 3.63) is 24.3 Å². The lowest BCUT2D eigenvalue weighted by Crippen LogP contribution is -2.25. The molecule has 1 heterocycles. The third kappa shape index (κ3) is 2.52. The van der Waals surface area contributed by atoms with Gasteiger partial charge in [-0.25, -0.2) is 15.4 Å². The van der Waals surface area contributed by atoms with E-state index in [0.717, 1.165) is 6.42 Å². The monoisotopic (exact) mass is 218 g/mol. The molecule has 6 heteroatoms. The molecule has 0 spiro atoms. The minimum atomic E-state index is -0.406. The van der Waals surface area contributed by atoms with Crippen molar-refractivity contribution in [1.29, 1.82) is 5.26 Å². The van der Waals surface area contributed by atoms with Crippen LogP contribution in [0.25, 0.3) is 0 Å². The first-order valence-corrected chi connectivity index (χ1v) is 4.89. The largest absolute Gasteiger partial charge is 0.293 e. The number of nitrogens with zero attached hydrogens (tertiary/aromatic N) is 3. The summed E-state index contributed by atoms with van der Waals surface area (Å²) in [4.78, 5) is 23.9. The van der Waals surface area contributed by atoms with Crippen molar-refractivity contribution in [3.63, 3.8) is 0 Å². The fourth-order valence-electron chi connectivity index (χ4n) is 1.28. The third-order valence-electron chi connectivity index (χ3n) is 2.37. The third-order valence-corrected chi connectivity index (χ3v) is 2.37. The Bertz CT molecular complexity index is 415. The average molecular weight is 218 g/mol. The van der Waals surface area contributed by atoms with Crippen LogP contribution in [0.15, 0.2) is 18.6 Å². The highest BCUT2D eigenvalue weighted by Crippen LogP contribution is 2.37. The van der Waals surface area contributed by atoms with E-state index in [4.69, 9.17) is 10.1 Å². The fourth-order valence-corrected chi connectivity index (χ4v) is 1.28. The molecule has 1 N–H and O–H groups in total. The molecular formula is C10H10N4O2. The number of nitrogens with one attached hydrogen (secondary N) is 1. The molecule has 0 bridgehead atoms. The first-order chi connectivity index (χ1) is 7.81. The van der Waals surface area contributed by atoms with E-state index in [1.165, 1.54) is 18.6 Å². The summed E-state index contributed by atoms with van der Waals surface area (Å²) in [7, 11) is 0. The number of aromatic nitrogens is 2. The Balaban J connectivity index is 1.71. The van der Waals surface area contributed by atoms with E-state index in [0.29, 0.717) is 6.61 Å². The zero-order valence-corrected chi connectivity index (χ0v) is 8.46. The predicted molar refractivity (Wildman–Crippen MR) is 52.7 cm³/mol. The molecule has 0 saturated heterocycles. The average Bonchev–Trinajstić information content (AvgIpc) is 3.09. The summed E-state index contributed by atoms with van der Waals surface area (Å²) in [6, 6.07) is 3.64. The maximum absolute atomic E-state index is 11.4. The van der Waals surface area contributed by atoms with E-state index in [1.54, 1.807) is 0 Å². The molecule has 0 radical (unpaired) electrons. The SMILES string of the molecule is N#C[C@@H]1C[C@@H]1CONC(=O)c1ccncn1. The van der Waals surface area contributed by atoms with E-state index in [9.17, 15) is 4.79 Å². The normalized spacial score (nSPS) is 22.2. The van der Waals surface area contributed by atoms with Gasteiger partial charge in [0.2, 0.25) is 0 Å². The van der Waals surface area contributed by atoms with Crippen molar-refractivity contribution in [3.8, 4) is 6.07 Å². The van der Waals surface area contributed by atoms with Crippen molar-refractivity contribution in [1.82, 2.24) is 15.4 Å². The Morgan fingerprint density at radius 3 is 3.25 bits per heavy atom. The first-order valence-electron chi connectivity index (χ1n) is 4.89.